The number of nitrogens with zero attached hydrogens (tertiary/aromatic N) is 2. The fourth-order valence-corrected chi connectivity index (χ4v) is 2.75. The summed E-state index contributed by atoms with van der Waals surface area (Å²) in [6.07, 6.45) is -4.82. The minimum absolute atomic E-state index is 0.0235. The number of hydrogen-bond acceptors (Lipinski definition) is 4. The van der Waals surface area contributed by atoms with E-state index in [0.717, 1.165) is 12.1 Å². The zero-order chi connectivity index (χ0) is 20.9. The predicted molar refractivity (Wildman–Crippen MR) is 98.0 cm³/mol. The van der Waals surface area contributed by atoms with Crippen LogP contribution in [0.15, 0.2) is 24.3 Å². The molecule has 1 aliphatic heterocycles. The first kappa shape index (κ1) is 22.0. The second-order valence-electron chi connectivity index (χ2n) is 7.64. The van der Waals surface area contributed by atoms with E-state index in [0.29, 0.717) is 39.3 Å². The normalized spacial score (nSPS) is 16.0. The number of carbonyl (C=O) groups excluding carboxylic acids is 2. The standard InChI is InChI=1S/C19H26F3N3O3/c1-18(2,3)28-17(27)25-11-9-24(10-12-25)8-7-23-16(26)14-5-4-6-15(13-14)19(20,21)22/h4-6,13H,7-12H2,1-3H3,(H,23,26). The molecule has 0 saturated carbocycles. The minimum atomic E-state index is -4.48. The molecule has 0 radical (unpaired) electrons. The van der Waals surface area contributed by atoms with Crippen molar-refractivity contribution in [1.82, 2.24) is 15.1 Å². The van der Waals surface area contributed by atoms with Crippen LogP contribution in [0.4, 0.5) is 18.0 Å². The minimum Gasteiger partial charge on any atom is -0.444 e. The summed E-state index contributed by atoms with van der Waals surface area (Å²) in [4.78, 5) is 27.8. The molecular formula is C19H26F3N3O3. The highest BCUT2D eigenvalue weighted by Crippen LogP contribution is 2.29. The first-order valence-electron chi connectivity index (χ1n) is 9.11. The van der Waals surface area contributed by atoms with E-state index in [2.05, 4.69) is 10.2 Å². The van der Waals surface area contributed by atoms with Crippen LogP contribution >= 0.6 is 0 Å². The van der Waals surface area contributed by atoms with Crippen LogP contribution in [0.25, 0.3) is 0 Å². The van der Waals surface area contributed by atoms with Crippen molar-refractivity contribution in [2.75, 3.05) is 39.3 Å². The molecule has 9 heteroatoms. The highest BCUT2D eigenvalue weighted by atomic mass is 19.4. The topological polar surface area (TPSA) is 61.9 Å². The Labute approximate surface area is 162 Å². The van der Waals surface area contributed by atoms with E-state index in [-0.39, 0.29) is 11.7 Å². The second-order valence-corrected chi connectivity index (χ2v) is 7.64. The zero-order valence-electron chi connectivity index (χ0n) is 16.3. The van der Waals surface area contributed by atoms with E-state index >= 15 is 0 Å². The van der Waals surface area contributed by atoms with Crippen LogP contribution in [0.3, 0.4) is 0 Å². The SMILES string of the molecule is CC(C)(C)OC(=O)N1CCN(CCNC(=O)c2cccc(C(F)(F)F)c2)CC1. The van der Waals surface area contributed by atoms with Gasteiger partial charge in [-0.25, -0.2) is 4.79 Å². The van der Waals surface area contributed by atoms with Gasteiger partial charge >= 0.3 is 12.3 Å². The molecular weight excluding hydrogens is 375 g/mol. The van der Waals surface area contributed by atoms with Gasteiger partial charge in [-0.2, -0.15) is 13.2 Å². The number of halogens is 3. The largest absolute Gasteiger partial charge is 0.444 e. The molecule has 0 aromatic heterocycles. The first-order chi connectivity index (χ1) is 13.0. The van der Waals surface area contributed by atoms with Crippen LogP contribution < -0.4 is 5.32 Å². The molecule has 0 unspecified atom stereocenters. The number of hydrogen-bond donors (Lipinski definition) is 1. The number of nitrogens with one attached hydrogen (secondary N) is 1. The molecule has 1 saturated heterocycles. The van der Waals surface area contributed by atoms with Crippen molar-refractivity contribution in [1.29, 1.82) is 0 Å². The number of alkyl halides is 3. The van der Waals surface area contributed by atoms with Crippen LogP contribution in [0, 0.1) is 0 Å². The maximum atomic E-state index is 12.7. The van der Waals surface area contributed by atoms with Gasteiger partial charge in [-0.05, 0) is 39.0 Å². The molecule has 28 heavy (non-hydrogen) atoms. The van der Waals surface area contributed by atoms with Crippen LogP contribution in [-0.4, -0.2) is 66.7 Å². The molecule has 156 valence electrons. The van der Waals surface area contributed by atoms with E-state index < -0.39 is 23.2 Å². The summed E-state index contributed by atoms with van der Waals surface area (Å²) in [5, 5.41) is 2.64. The summed E-state index contributed by atoms with van der Waals surface area (Å²) in [6, 6.07) is 4.34. The Balaban J connectivity index is 1.75. The van der Waals surface area contributed by atoms with Crippen molar-refractivity contribution in [3.8, 4) is 0 Å². The summed E-state index contributed by atoms with van der Waals surface area (Å²) in [5.41, 5.74) is -1.41. The summed E-state index contributed by atoms with van der Waals surface area (Å²) in [5.74, 6) is -0.543. The Morgan fingerprint density at radius 3 is 2.32 bits per heavy atom. The summed E-state index contributed by atoms with van der Waals surface area (Å²) >= 11 is 0. The number of carbonyl (C=O) groups is 2. The Hall–Kier alpha value is -2.29. The molecule has 0 aliphatic carbocycles. The molecule has 2 rings (SSSR count). The number of amides is 2. The Morgan fingerprint density at radius 2 is 1.75 bits per heavy atom. The molecule has 6 nitrogen and oxygen atoms in total. The molecule has 1 N–H and O–H groups in total. The number of piperazine rings is 1. The van der Waals surface area contributed by atoms with Crippen LogP contribution in [-0.2, 0) is 10.9 Å². The van der Waals surface area contributed by atoms with Crippen molar-refractivity contribution >= 4 is 12.0 Å². The Morgan fingerprint density at radius 1 is 1.11 bits per heavy atom. The van der Waals surface area contributed by atoms with Gasteiger partial charge in [-0.3, -0.25) is 9.69 Å². The van der Waals surface area contributed by atoms with E-state index in [4.69, 9.17) is 4.74 Å². The maximum Gasteiger partial charge on any atom is 0.416 e. The smallest absolute Gasteiger partial charge is 0.416 e. The summed E-state index contributed by atoms with van der Waals surface area (Å²) in [6.45, 7) is 8.62. The van der Waals surface area contributed by atoms with E-state index in [9.17, 15) is 22.8 Å². The Kier molecular flexibility index (Phi) is 6.92. The number of benzene rings is 1. The fourth-order valence-electron chi connectivity index (χ4n) is 2.75. The van der Waals surface area contributed by atoms with E-state index in [1.807, 2.05) is 20.8 Å². The second kappa shape index (κ2) is 8.81. The molecule has 1 aromatic carbocycles. The number of ether oxygens (including phenoxy) is 1. The third kappa shape index (κ3) is 6.70. The third-order valence-electron chi connectivity index (χ3n) is 4.19. The fraction of sp³-hybridized carbons (Fsp3) is 0.579. The molecule has 0 bridgehead atoms. The van der Waals surface area contributed by atoms with Gasteiger partial charge in [-0.1, -0.05) is 6.07 Å². The summed E-state index contributed by atoms with van der Waals surface area (Å²) < 4.78 is 43.5. The van der Waals surface area contributed by atoms with Crippen LogP contribution in [0.5, 0.6) is 0 Å². The zero-order valence-corrected chi connectivity index (χ0v) is 16.3. The van der Waals surface area contributed by atoms with Gasteiger partial charge in [0.25, 0.3) is 5.91 Å². The van der Waals surface area contributed by atoms with Gasteiger partial charge in [0.15, 0.2) is 0 Å². The lowest BCUT2D eigenvalue weighted by Crippen LogP contribution is -2.51. The highest BCUT2D eigenvalue weighted by molar-refractivity contribution is 5.94. The molecule has 1 fully saturated rings. The van der Waals surface area contributed by atoms with E-state index in [1.165, 1.54) is 12.1 Å². The van der Waals surface area contributed by atoms with Crippen LogP contribution in [0.2, 0.25) is 0 Å². The average molecular weight is 401 g/mol. The summed E-state index contributed by atoms with van der Waals surface area (Å²) in [7, 11) is 0. The third-order valence-corrected chi connectivity index (χ3v) is 4.19. The van der Waals surface area contributed by atoms with Crippen LogP contribution in [0.1, 0.15) is 36.7 Å². The van der Waals surface area contributed by atoms with Gasteiger partial charge in [0, 0.05) is 44.8 Å². The molecule has 0 spiro atoms. The molecule has 1 heterocycles. The van der Waals surface area contributed by atoms with Crippen molar-refractivity contribution in [3.63, 3.8) is 0 Å². The van der Waals surface area contributed by atoms with Crippen molar-refractivity contribution in [2.45, 2.75) is 32.5 Å². The maximum absolute atomic E-state index is 12.7. The van der Waals surface area contributed by atoms with Gasteiger partial charge in [0.05, 0.1) is 5.56 Å². The van der Waals surface area contributed by atoms with Crippen molar-refractivity contribution < 1.29 is 27.5 Å². The average Bonchev–Trinajstić information content (AvgIpc) is 2.60. The number of rotatable bonds is 4. The molecule has 1 aliphatic rings. The van der Waals surface area contributed by atoms with Gasteiger partial charge in [0.1, 0.15) is 5.60 Å². The molecule has 2 amide bonds. The van der Waals surface area contributed by atoms with E-state index in [1.54, 1.807) is 4.90 Å². The predicted octanol–water partition coefficient (Wildman–Crippen LogP) is 2.99. The van der Waals surface area contributed by atoms with Crippen molar-refractivity contribution in [3.05, 3.63) is 35.4 Å². The Bertz CT molecular complexity index is 694. The first-order valence-corrected chi connectivity index (χ1v) is 9.11. The lowest BCUT2D eigenvalue weighted by Gasteiger charge is -2.35. The van der Waals surface area contributed by atoms with Gasteiger partial charge in [0.2, 0.25) is 0 Å². The van der Waals surface area contributed by atoms with Crippen molar-refractivity contribution in [2.24, 2.45) is 0 Å². The quantitative estimate of drug-likeness (QED) is 0.843. The molecule has 0 atom stereocenters. The van der Waals surface area contributed by atoms with Gasteiger partial charge in [-0.15, -0.1) is 0 Å². The van der Waals surface area contributed by atoms with Gasteiger partial charge < -0.3 is 15.0 Å². The monoisotopic (exact) mass is 401 g/mol. The lowest BCUT2D eigenvalue weighted by molar-refractivity contribution is -0.137. The molecule has 1 aromatic rings. The highest BCUT2D eigenvalue weighted by Gasteiger charge is 2.31. The lowest BCUT2D eigenvalue weighted by atomic mass is 10.1.